The number of carbonyl (C=O) groups is 1. The van der Waals surface area contributed by atoms with Gasteiger partial charge in [0.2, 0.25) is 0 Å². The van der Waals surface area contributed by atoms with E-state index in [1.54, 1.807) is 23.4 Å². The van der Waals surface area contributed by atoms with E-state index in [1.807, 2.05) is 37.6 Å². The summed E-state index contributed by atoms with van der Waals surface area (Å²) in [4.78, 5) is 14.3. The molecule has 25 heavy (non-hydrogen) atoms. The molecule has 1 saturated heterocycles. The second kappa shape index (κ2) is 6.88. The Labute approximate surface area is 148 Å². The summed E-state index contributed by atoms with van der Waals surface area (Å²) in [6.45, 7) is 4.68. The summed E-state index contributed by atoms with van der Waals surface area (Å²) in [5.74, 6) is 0. The van der Waals surface area contributed by atoms with Crippen molar-refractivity contribution in [1.82, 2.24) is 20.0 Å². The number of aliphatic hydroxyl groups is 1. The first-order valence-electron chi connectivity index (χ1n) is 8.69. The van der Waals surface area contributed by atoms with Crippen LogP contribution in [0.3, 0.4) is 0 Å². The summed E-state index contributed by atoms with van der Waals surface area (Å²) < 4.78 is 1.77. The highest BCUT2D eigenvalue weighted by atomic mass is 16.3. The van der Waals surface area contributed by atoms with Gasteiger partial charge in [0.15, 0.2) is 0 Å². The van der Waals surface area contributed by atoms with Gasteiger partial charge in [0.05, 0.1) is 17.8 Å². The summed E-state index contributed by atoms with van der Waals surface area (Å²) >= 11 is 0. The topological polar surface area (TPSA) is 70.4 Å². The Morgan fingerprint density at radius 2 is 2.20 bits per heavy atom. The first kappa shape index (κ1) is 17.5. The van der Waals surface area contributed by atoms with Gasteiger partial charge in [-0.05, 0) is 43.9 Å². The van der Waals surface area contributed by atoms with Crippen LogP contribution in [0.5, 0.6) is 0 Å². The van der Waals surface area contributed by atoms with Crippen LogP contribution >= 0.6 is 0 Å². The van der Waals surface area contributed by atoms with Gasteiger partial charge in [-0.1, -0.05) is 18.2 Å². The summed E-state index contributed by atoms with van der Waals surface area (Å²) in [6.07, 6.45) is 5.57. The molecule has 1 aromatic carbocycles. The number of nitrogens with zero attached hydrogens (tertiary/aromatic N) is 3. The molecule has 1 unspecified atom stereocenters. The van der Waals surface area contributed by atoms with Gasteiger partial charge in [-0.2, -0.15) is 5.10 Å². The lowest BCUT2D eigenvalue weighted by Crippen LogP contribution is -2.51. The number of benzene rings is 1. The largest absolute Gasteiger partial charge is 0.388 e. The van der Waals surface area contributed by atoms with Gasteiger partial charge >= 0.3 is 6.03 Å². The Bertz CT molecular complexity index is 748. The van der Waals surface area contributed by atoms with Crippen LogP contribution in [0.4, 0.5) is 4.79 Å². The van der Waals surface area contributed by atoms with Crippen LogP contribution in [-0.4, -0.2) is 44.0 Å². The fraction of sp³-hybridized carbons (Fsp3) is 0.474. The van der Waals surface area contributed by atoms with Gasteiger partial charge < -0.3 is 15.3 Å². The molecule has 0 spiro atoms. The number of carbonyl (C=O) groups excluding carboxylic acids is 1. The van der Waals surface area contributed by atoms with Crippen molar-refractivity contribution in [3.8, 4) is 11.1 Å². The van der Waals surface area contributed by atoms with Crippen molar-refractivity contribution in [3.05, 3.63) is 42.2 Å². The molecule has 1 aliphatic heterocycles. The number of aromatic nitrogens is 2. The predicted octanol–water partition coefficient (Wildman–Crippen LogP) is 2.53. The standard InChI is InChI=1S/C19H26N4O2/c1-19(2,25)17-8-5-9-23(17)18(24)20-11-14-6-4-7-15(10-14)16-12-21-22(3)13-16/h4,6-7,10,12-13,17,25H,5,8-9,11H2,1-3H3,(H,20,24). The maximum Gasteiger partial charge on any atom is 0.318 e. The van der Waals surface area contributed by atoms with Gasteiger partial charge in [-0.25, -0.2) is 4.79 Å². The lowest BCUT2D eigenvalue weighted by molar-refractivity contribution is 0.00979. The average Bonchev–Trinajstić information content (AvgIpc) is 3.21. The zero-order chi connectivity index (χ0) is 18.0. The third-order valence-electron chi connectivity index (χ3n) is 4.74. The highest BCUT2D eigenvalue weighted by Crippen LogP contribution is 2.26. The number of aryl methyl sites for hydroxylation is 1. The number of nitrogens with one attached hydrogen (secondary N) is 1. The minimum absolute atomic E-state index is 0.114. The summed E-state index contributed by atoms with van der Waals surface area (Å²) in [5.41, 5.74) is 2.29. The second-order valence-corrected chi connectivity index (χ2v) is 7.27. The fourth-order valence-corrected chi connectivity index (χ4v) is 3.45. The third kappa shape index (κ3) is 4.02. The Morgan fingerprint density at radius 3 is 2.88 bits per heavy atom. The quantitative estimate of drug-likeness (QED) is 0.897. The highest BCUT2D eigenvalue weighted by Gasteiger charge is 2.38. The molecule has 0 radical (unpaired) electrons. The van der Waals surface area contributed by atoms with E-state index < -0.39 is 5.60 Å². The van der Waals surface area contributed by atoms with Crippen LogP contribution in [0.1, 0.15) is 32.3 Å². The molecule has 1 fully saturated rings. The van der Waals surface area contributed by atoms with Crippen molar-refractivity contribution in [2.45, 2.75) is 44.9 Å². The lowest BCUT2D eigenvalue weighted by atomic mass is 9.97. The molecule has 6 heteroatoms. The molecule has 0 aliphatic carbocycles. The Balaban J connectivity index is 1.64. The normalized spacial score (nSPS) is 17.8. The third-order valence-corrected chi connectivity index (χ3v) is 4.74. The van der Waals surface area contributed by atoms with E-state index in [4.69, 9.17) is 0 Å². The molecule has 3 rings (SSSR count). The summed E-state index contributed by atoms with van der Waals surface area (Å²) in [7, 11) is 1.89. The Morgan fingerprint density at radius 1 is 1.40 bits per heavy atom. The van der Waals surface area contributed by atoms with E-state index in [0.717, 1.165) is 29.5 Å². The minimum atomic E-state index is -0.881. The molecule has 1 atom stereocenters. The SMILES string of the molecule is Cn1cc(-c2cccc(CNC(=O)N3CCCC3C(C)(C)O)c2)cn1. The second-order valence-electron chi connectivity index (χ2n) is 7.27. The maximum atomic E-state index is 12.5. The van der Waals surface area contributed by atoms with Crippen LogP contribution in [0.15, 0.2) is 36.7 Å². The fourth-order valence-electron chi connectivity index (χ4n) is 3.45. The molecule has 0 saturated carbocycles. The predicted molar refractivity (Wildman–Crippen MR) is 96.9 cm³/mol. The number of amides is 2. The van der Waals surface area contributed by atoms with Crippen LogP contribution in [-0.2, 0) is 13.6 Å². The Hall–Kier alpha value is -2.34. The molecule has 1 aliphatic rings. The van der Waals surface area contributed by atoms with E-state index in [2.05, 4.69) is 16.5 Å². The van der Waals surface area contributed by atoms with Gasteiger partial charge in [-0.15, -0.1) is 0 Å². The van der Waals surface area contributed by atoms with Crippen molar-refractivity contribution < 1.29 is 9.90 Å². The van der Waals surface area contributed by atoms with Crippen LogP contribution in [0.2, 0.25) is 0 Å². The molecule has 2 N–H and O–H groups in total. The van der Waals surface area contributed by atoms with E-state index >= 15 is 0 Å². The smallest absolute Gasteiger partial charge is 0.318 e. The summed E-state index contributed by atoms with van der Waals surface area (Å²) in [5, 5.41) is 17.4. The molecule has 0 bridgehead atoms. The first-order chi connectivity index (χ1) is 11.8. The summed E-state index contributed by atoms with van der Waals surface area (Å²) in [6, 6.07) is 7.84. The molecular formula is C19H26N4O2. The Kier molecular flexibility index (Phi) is 4.81. The van der Waals surface area contributed by atoms with E-state index in [-0.39, 0.29) is 12.1 Å². The monoisotopic (exact) mass is 342 g/mol. The number of urea groups is 1. The molecule has 134 valence electrons. The molecule has 2 aromatic rings. The van der Waals surface area contributed by atoms with E-state index in [1.165, 1.54) is 0 Å². The van der Waals surface area contributed by atoms with Gasteiger partial charge in [0.1, 0.15) is 0 Å². The number of hydrogen-bond acceptors (Lipinski definition) is 3. The van der Waals surface area contributed by atoms with Crippen LogP contribution in [0, 0.1) is 0 Å². The molecule has 1 aromatic heterocycles. The van der Waals surface area contributed by atoms with Gasteiger partial charge in [0.25, 0.3) is 0 Å². The van der Waals surface area contributed by atoms with Crippen LogP contribution < -0.4 is 5.32 Å². The average molecular weight is 342 g/mol. The number of likely N-dealkylation sites (tertiary alicyclic amines) is 1. The van der Waals surface area contributed by atoms with Crippen molar-refractivity contribution in [3.63, 3.8) is 0 Å². The lowest BCUT2D eigenvalue weighted by Gasteiger charge is -2.33. The van der Waals surface area contributed by atoms with Crippen molar-refractivity contribution in [1.29, 1.82) is 0 Å². The number of rotatable bonds is 4. The first-order valence-corrected chi connectivity index (χ1v) is 8.69. The molecule has 2 amide bonds. The highest BCUT2D eigenvalue weighted by molar-refractivity contribution is 5.75. The van der Waals surface area contributed by atoms with Crippen molar-refractivity contribution in [2.75, 3.05) is 6.54 Å². The van der Waals surface area contributed by atoms with Gasteiger partial charge in [-0.3, -0.25) is 4.68 Å². The van der Waals surface area contributed by atoms with E-state index in [0.29, 0.717) is 13.1 Å². The molecule has 2 heterocycles. The zero-order valence-corrected chi connectivity index (χ0v) is 15.1. The minimum Gasteiger partial charge on any atom is -0.388 e. The molecule has 6 nitrogen and oxygen atoms in total. The van der Waals surface area contributed by atoms with Crippen LogP contribution in [0.25, 0.3) is 11.1 Å². The van der Waals surface area contributed by atoms with Crippen molar-refractivity contribution >= 4 is 6.03 Å². The number of hydrogen-bond donors (Lipinski definition) is 2. The zero-order valence-electron chi connectivity index (χ0n) is 15.1. The van der Waals surface area contributed by atoms with Crippen molar-refractivity contribution in [2.24, 2.45) is 7.05 Å². The van der Waals surface area contributed by atoms with E-state index in [9.17, 15) is 9.90 Å². The maximum absolute atomic E-state index is 12.5. The van der Waals surface area contributed by atoms with Gasteiger partial charge in [0, 0.05) is 31.9 Å². The molecular weight excluding hydrogens is 316 g/mol.